The first-order chi connectivity index (χ1) is 16.2. The highest BCUT2D eigenvalue weighted by molar-refractivity contribution is 5.66. The quantitative estimate of drug-likeness (QED) is 0.523. The fraction of sp³-hybridized carbons (Fsp3) is 0.643. The lowest BCUT2D eigenvalue weighted by molar-refractivity contribution is -0.159. The van der Waals surface area contributed by atoms with E-state index in [1.807, 2.05) is 31.2 Å². The van der Waals surface area contributed by atoms with Gasteiger partial charge >= 0.3 is 5.97 Å². The summed E-state index contributed by atoms with van der Waals surface area (Å²) in [6.45, 7) is 13.0. The van der Waals surface area contributed by atoms with Gasteiger partial charge in [-0.3, -0.25) is 9.69 Å². The standard InChI is InChI=1S/C28H39N3O3/c1-19-15-26-25(10-5-21(3)28(26,33)16-27(19)34-22(4)32)20(2)18-30-11-13-31(14-12-30)24-8-6-23(17-29)7-9-24/h6-9,15,20-21,25-27,33H,5,10-14,16,18H2,1-4H3/t20?,21-,25+,26-,27-,28-/m1/s1. The summed E-state index contributed by atoms with van der Waals surface area (Å²) in [7, 11) is 0. The zero-order valence-corrected chi connectivity index (χ0v) is 21.0. The summed E-state index contributed by atoms with van der Waals surface area (Å²) in [5.74, 6) is 0.913. The zero-order chi connectivity index (χ0) is 24.5. The molecule has 1 aliphatic heterocycles. The van der Waals surface area contributed by atoms with E-state index in [2.05, 4.69) is 35.8 Å². The lowest BCUT2D eigenvalue weighted by atomic mass is 9.57. The van der Waals surface area contributed by atoms with Crippen molar-refractivity contribution in [2.24, 2.45) is 23.7 Å². The van der Waals surface area contributed by atoms with Crippen LogP contribution in [0.25, 0.3) is 0 Å². The number of nitrogens with zero attached hydrogens (tertiary/aromatic N) is 3. The Bertz CT molecular complexity index is 945. The number of piperazine rings is 1. The van der Waals surface area contributed by atoms with Gasteiger partial charge in [0.2, 0.25) is 0 Å². The molecule has 0 amide bonds. The van der Waals surface area contributed by atoms with Crippen molar-refractivity contribution >= 4 is 11.7 Å². The highest BCUT2D eigenvalue weighted by Crippen LogP contribution is 2.51. The molecule has 184 valence electrons. The van der Waals surface area contributed by atoms with Gasteiger partial charge in [-0.15, -0.1) is 0 Å². The van der Waals surface area contributed by atoms with Gasteiger partial charge in [-0.2, -0.15) is 5.26 Å². The highest BCUT2D eigenvalue weighted by Gasteiger charge is 2.52. The Kier molecular flexibility index (Phi) is 7.35. The summed E-state index contributed by atoms with van der Waals surface area (Å²) in [4.78, 5) is 16.5. The minimum atomic E-state index is -0.814. The van der Waals surface area contributed by atoms with E-state index in [4.69, 9.17) is 10.00 Å². The second-order valence-corrected chi connectivity index (χ2v) is 10.8. The largest absolute Gasteiger partial charge is 0.458 e. The van der Waals surface area contributed by atoms with Gasteiger partial charge in [-0.25, -0.2) is 0 Å². The van der Waals surface area contributed by atoms with Crippen molar-refractivity contribution in [1.29, 1.82) is 5.26 Å². The van der Waals surface area contributed by atoms with Crippen LogP contribution in [0.5, 0.6) is 0 Å². The number of carbonyl (C=O) groups excluding carboxylic acids is 1. The molecular formula is C28H39N3O3. The molecule has 34 heavy (non-hydrogen) atoms. The lowest BCUT2D eigenvalue weighted by Gasteiger charge is -2.53. The molecule has 4 rings (SSSR count). The molecule has 1 aromatic carbocycles. The smallest absolute Gasteiger partial charge is 0.303 e. The van der Waals surface area contributed by atoms with Crippen LogP contribution in [-0.2, 0) is 9.53 Å². The molecule has 0 bridgehead atoms. The summed E-state index contributed by atoms with van der Waals surface area (Å²) >= 11 is 0. The van der Waals surface area contributed by atoms with Crippen LogP contribution >= 0.6 is 0 Å². The van der Waals surface area contributed by atoms with Gasteiger partial charge in [-0.1, -0.05) is 19.9 Å². The third-order valence-electron chi connectivity index (χ3n) is 8.61. The monoisotopic (exact) mass is 465 g/mol. The van der Waals surface area contributed by atoms with E-state index >= 15 is 0 Å². The Labute approximate surface area is 204 Å². The van der Waals surface area contributed by atoms with Gasteiger partial charge in [0.05, 0.1) is 17.2 Å². The number of nitriles is 1. The number of ether oxygens (including phenoxy) is 1. The molecule has 1 unspecified atom stereocenters. The van der Waals surface area contributed by atoms with Gasteiger partial charge in [0, 0.05) is 57.7 Å². The minimum absolute atomic E-state index is 0.109. The highest BCUT2D eigenvalue weighted by atomic mass is 16.5. The predicted octanol–water partition coefficient (Wildman–Crippen LogP) is 3.99. The molecule has 1 heterocycles. The van der Waals surface area contributed by atoms with Gasteiger partial charge in [-0.05, 0) is 67.4 Å². The molecule has 1 saturated heterocycles. The molecule has 0 spiro atoms. The van der Waals surface area contributed by atoms with E-state index < -0.39 is 5.60 Å². The Morgan fingerprint density at radius 3 is 2.53 bits per heavy atom. The Morgan fingerprint density at radius 1 is 1.24 bits per heavy atom. The maximum Gasteiger partial charge on any atom is 0.303 e. The number of fused-ring (bicyclic) bond motifs is 1. The van der Waals surface area contributed by atoms with Gasteiger partial charge in [0.15, 0.2) is 0 Å². The van der Waals surface area contributed by atoms with Crippen molar-refractivity contribution in [3.05, 3.63) is 41.5 Å². The molecule has 1 N–H and O–H groups in total. The summed E-state index contributed by atoms with van der Waals surface area (Å²) in [6, 6.07) is 10.1. The molecule has 6 atom stereocenters. The van der Waals surface area contributed by atoms with E-state index in [-0.39, 0.29) is 23.9 Å². The van der Waals surface area contributed by atoms with E-state index in [1.165, 1.54) is 12.6 Å². The average Bonchev–Trinajstić information content (AvgIpc) is 2.81. The van der Waals surface area contributed by atoms with Crippen molar-refractivity contribution in [3.63, 3.8) is 0 Å². The fourth-order valence-corrected chi connectivity index (χ4v) is 6.48. The second kappa shape index (κ2) is 10.1. The summed E-state index contributed by atoms with van der Waals surface area (Å²) < 4.78 is 5.55. The number of hydrogen-bond donors (Lipinski definition) is 1. The third kappa shape index (κ3) is 5.01. The van der Waals surface area contributed by atoms with Crippen molar-refractivity contribution in [3.8, 4) is 6.07 Å². The lowest BCUT2D eigenvalue weighted by Crippen LogP contribution is -2.56. The summed E-state index contributed by atoms with van der Waals surface area (Å²) in [5.41, 5.74) is 2.14. The maximum absolute atomic E-state index is 11.8. The number of rotatable bonds is 5. The molecule has 6 heteroatoms. The van der Waals surface area contributed by atoms with Crippen LogP contribution in [0.4, 0.5) is 5.69 Å². The van der Waals surface area contributed by atoms with Crippen molar-refractivity contribution in [2.75, 3.05) is 37.6 Å². The molecule has 2 fully saturated rings. The number of carbonyl (C=O) groups is 1. The number of anilines is 1. The van der Waals surface area contributed by atoms with Crippen molar-refractivity contribution < 1.29 is 14.6 Å². The predicted molar refractivity (Wildman–Crippen MR) is 133 cm³/mol. The third-order valence-corrected chi connectivity index (χ3v) is 8.61. The number of esters is 1. The molecule has 1 aromatic rings. The molecule has 1 saturated carbocycles. The normalized spacial score (nSPS) is 32.8. The van der Waals surface area contributed by atoms with Crippen LogP contribution in [0.2, 0.25) is 0 Å². The molecule has 2 aliphatic carbocycles. The first-order valence-corrected chi connectivity index (χ1v) is 12.8. The topological polar surface area (TPSA) is 76.8 Å². The molecule has 0 aromatic heterocycles. The Morgan fingerprint density at radius 2 is 1.91 bits per heavy atom. The van der Waals surface area contributed by atoms with Crippen LogP contribution in [0.15, 0.2) is 35.9 Å². The average molecular weight is 466 g/mol. The molecular weight excluding hydrogens is 426 g/mol. The van der Waals surface area contributed by atoms with Crippen molar-refractivity contribution in [1.82, 2.24) is 4.90 Å². The van der Waals surface area contributed by atoms with Crippen LogP contribution < -0.4 is 4.90 Å². The van der Waals surface area contributed by atoms with Crippen LogP contribution in [0, 0.1) is 35.0 Å². The first-order valence-electron chi connectivity index (χ1n) is 12.8. The van der Waals surface area contributed by atoms with E-state index in [9.17, 15) is 9.90 Å². The SMILES string of the molecule is CC(=O)O[C@@H]1C[C@@]2(O)[C@H](C)CC[C@@H](C(C)CN3CCN(c4ccc(C#N)cc4)CC3)[C@H]2C=C1C. The van der Waals surface area contributed by atoms with Crippen molar-refractivity contribution in [2.45, 2.75) is 58.7 Å². The van der Waals surface area contributed by atoms with Crippen LogP contribution in [0.3, 0.4) is 0 Å². The second-order valence-electron chi connectivity index (χ2n) is 10.8. The van der Waals surface area contributed by atoms with Crippen LogP contribution in [-0.4, -0.2) is 60.4 Å². The number of hydrogen-bond acceptors (Lipinski definition) is 6. The zero-order valence-electron chi connectivity index (χ0n) is 21.0. The first kappa shape index (κ1) is 24.8. The van der Waals surface area contributed by atoms with E-state index in [0.717, 1.165) is 51.1 Å². The summed E-state index contributed by atoms with van der Waals surface area (Å²) in [5, 5.41) is 20.8. The van der Waals surface area contributed by atoms with E-state index in [1.54, 1.807) is 0 Å². The Hall–Kier alpha value is -2.36. The molecule has 0 radical (unpaired) electrons. The molecule has 3 aliphatic rings. The van der Waals surface area contributed by atoms with Gasteiger partial charge in [0.1, 0.15) is 6.10 Å². The van der Waals surface area contributed by atoms with Crippen LogP contribution in [0.1, 0.15) is 52.5 Å². The number of benzene rings is 1. The summed E-state index contributed by atoms with van der Waals surface area (Å²) in [6.07, 6.45) is 4.55. The Balaban J connectivity index is 1.39. The number of aliphatic hydroxyl groups is 1. The maximum atomic E-state index is 11.8. The molecule has 6 nitrogen and oxygen atoms in total. The minimum Gasteiger partial charge on any atom is -0.458 e. The fourth-order valence-electron chi connectivity index (χ4n) is 6.48. The van der Waals surface area contributed by atoms with Gasteiger partial charge in [0.25, 0.3) is 0 Å². The van der Waals surface area contributed by atoms with E-state index in [0.29, 0.717) is 23.8 Å². The van der Waals surface area contributed by atoms with Gasteiger partial charge < -0.3 is 14.7 Å².